The van der Waals surface area contributed by atoms with Crippen LogP contribution in [0.3, 0.4) is 0 Å². The Morgan fingerprint density at radius 1 is 1.40 bits per heavy atom. The molecule has 0 saturated heterocycles. The molecule has 0 heterocycles. The Kier molecular flexibility index (Phi) is 4.25. The lowest BCUT2D eigenvalue weighted by Crippen LogP contribution is -2.09. The minimum atomic E-state index is -0.0192. The topological polar surface area (TPSA) is 26.3 Å². The van der Waals surface area contributed by atoms with Gasteiger partial charge in [-0.15, -0.1) is 0 Å². The van der Waals surface area contributed by atoms with Crippen molar-refractivity contribution in [3.05, 3.63) is 47.5 Å². The molecule has 0 amide bonds. The normalized spacial score (nSPS) is 10.0. The van der Waals surface area contributed by atoms with E-state index in [1.807, 2.05) is 31.2 Å². The van der Waals surface area contributed by atoms with E-state index in [-0.39, 0.29) is 12.4 Å². The highest BCUT2D eigenvalue weighted by Crippen LogP contribution is 2.13. The van der Waals surface area contributed by atoms with E-state index in [1.165, 1.54) is 0 Å². The van der Waals surface area contributed by atoms with Crippen molar-refractivity contribution in [3.63, 3.8) is 0 Å². The second-order valence-electron chi connectivity index (χ2n) is 3.38. The fourth-order valence-electron chi connectivity index (χ4n) is 1.48. The predicted octanol–water partition coefficient (Wildman–Crippen LogP) is 2.63. The van der Waals surface area contributed by atoms with Gasteiger partial charge in [-0.25, -0.2) is 0 Å². The van der Waals surface area contributed by atoms with Crippen LogP contribution in [0.15, 0.2) is 36.4 Å². The fourth-order valence-corrected chi connectivity index (χ4v) is 1.48. The number of benzene rings is 1. The highest BCUT2D eigenvalue weighted by Gasteiger charge is 2.12. The smallest absolute Gasteiger partial charge is 0.191 e. The maximum absolute atomic E-state index is 11.9. The molecule has 1 rings (SSSR count). The SMILES string of the molecule is C=C(COC)C(=O)c1ccccc1CC. The van der Waals surface area contributed by atoms with E-state index in [1.54, 1.807) is 7.11 Å². The summed E-state index contributed by atoms with van der Waals surface area (Å²) >= 11 is 0. The number of methoxy groups -OCH3 is 1. The number of Topliss-reactive ketones (excluding diaryl/α,β-unsaturated/α-hetero) is 1. The molecule has 0 spiro atoms. The van der Waals surface area contributed by atoms with Gasteiger partial charge in [-0.2, -0.15) is 0 Å². The Bertz CT molecular complexity index is 367. The summed E-state index contributed by atoms with van der Waals surface area (Å²) in [5.74, 6) is -0.0192. The molecule has 0 atom stereocenters. The van der Waals surface area contributed by atoms with Gasteiger partial charge in [-0.05, 0) is 12.0 Å². The first-order valence-electron chi connectivity index (χ1n) is 5.00. The van der Waals surface area contributed by atoms with E-state index in [0.717, 1.165) is 17.5 Å². The third-order valence-corrected chi connectivity index (χ3v) is 2.28. The lowest BCUT2D eigenvalue weighted by molar-refractivity contribution is 0.101. The number of carbonyl (C=O) groups is 1. The molecule has 1 aromatic rings. The zero-order chi connectivity index (χ0) is 11.3. The Hall–Kier alpha value is -1.41. The molecular formula is C13H16O2. The summed E-state index contributed by atoms with van der Waals surface area (Å²) in [4.78, 5) is 11.9. The van der Waals surface area contributed by atoms with Gasteiger partial charge in [0, 0.05) is 18.2 Å². The van der Waals surface area contributed by atoms with E-state index >= 15 is 0 Å². The van der Waals surface area contributed by atoms with Gasteiger partial charge in [0.1, 0.15) is 0 Å². The van der Waals surface area contributed by atoms with Gasteiger partial charge < -0.3 is 4.74 Å². The van der Waals surface area contributed by atoms with E-state index < -0.39 is 0 Å². The molecule has 0 aliphatic heterocycles. The molecule has 0 aromatic heterocycles. The number of aryl methyl sites for hydroxylation is 1. The average molecular weight is 204 g/mol. The molecule has 15 heavy (non-hydrogen) atoms. The maximum Gasteiger partial charge on any atom is 0.191 e. The van der Waals surface area contributed by atoms with Crippen molar-refractivity contribution >= 4 is 5.78 Å². The molecule has 2 heteroatoms. The van der Waals surface area contributed by atoms with Crippen molar-refractivity contribution in [2.24, 2.45) is 0 Å². The van der Waals surface area contributed by atoms with Crippen LogP contribution >= 0.6 is 0 Å². The van der Waals surface area contributed by atoms with Crippen LogP contribution in [0.5, 0.6) is 0 Å². The quantitative estimate of drug-likeness (QED) is 0.544. The van der Waals surface area contributed by atoms with Crippen molar-refractivity contribution in [2.45, 2.75) is 13.3 Å². The molecule has 0 radical (unpaired) electrons. The first-order chi connectivity index (χ1) is 7.20. The van der Waals surface area contributed by atoms with E-state index in [0.29, 0.717) is 5.57 Å². The summed E-state index contributed by atoms with van der Waals surface area (Å²) < 4.78 is 4.90. The second-order valence-corrected chi connectivity index (χ2v) is 3.38. The maximum atomic E-state index is 11.9. The minimum absolute atomic E-state index is 0.0192. The van der Waals surface area contributed by atoms with Crippen LogP contribution in [0.2, 0.25) is 0 Å². The van der Waals surface area contributed by atoms with E-state index in [2.05, 4.69) is 6.58 Å². The zero-order valence-electron chi connectivity index (χ0n) is 9.25. The number of ketones is 1. The molecule has 80 valence electrons. The van der Waals surface area contributed by atoms with Crippen LogP contribution in [0.4, 0.5) is 0 Å². The van der Waals surface area contributed by atoms with Crippen molar-refractivity contribution in [3.8, 4) is 0 Å². The van der Waals surface area contributed by atoms with Gasteiger partial charge in [0.15, 0.2) is 5.78 Å². The Balaban J connectivity index is 2.95. The minimum Gasteiger partial charge on any atom is -0.380 e. The number of rotatable bonds is 5. The molecule has 0 N–H and O–H groups in total. The second kappa shape index (κ2) is 5.47. The molecule has 0 unspecified atom stereocenters. The van der Waals surface area contributed by atoms with Gasteiger partial charge in [-0.3, -0.25) is 4.79 Å². The Labute approximate surface area is 90.6 Å². The van der Waals surface area contributed by atoms with Gasteiger partial charge in [-0.1, -0.05) is 37.8 Å². The molecule has 0 bridgehead atoms. The fraction of sp³-hybridized carbons (Fsp3) is 0.308. The third kappa shape index (κ3) is 2.77. The molecule has 0 fully saturated rings. The summed E-state index contributed by atoms with van der Waals surface area (Å²) in [6, 6.07) is 7.61. The van der Waals surface area contributed by atoms with Crippen LogP contribution in [0, 0.1) is 0 Å². The van der Waals surface area contributed by atoms with Gasteiger partial charge in [0.2, 0.25) is 0 Å². The summed E-state index contributed by atoms with van der Waals surface area (Å²) in [5, 5.41) is 0. The summed E-state index contributed by atoms with van der Waals surface area (Å²) in [7, 11) is 1.56. The summed E-state index contributed by atoms with van der Waals surface area (Å²) in [6.45, 7) is 6.04. The third-order valence-electron chi connectivity index (χ3n) is 2.28. The number of hydrogen-bond donors (Lipinski definition) is 0. The number of carbonyl (C=O) groups excluding carboxylic acids is 1. The van der Waals surface area contributed by atoms with E-state index in [9.17, 15) is 4.79 Å². The van der Waals surface area contributed by atoms with Crippen LogP contribution < -0.4 is 0 Å². The Morgan fingerprint density at radius 3 is 2.67 bits per heavy atom. The Morgan fingerprint density at radius 2 is 2.07 bits per heavy atom. The van der Waals surface area contributed by atoms with Crippen molar-refractivity contribution in [2.75, 3.05) is 13.7 Å². The number of hydrogen-bond acceptors (Lipinski definition) is 2. The number of ether oxygens (including phenoxy) is 1. The van der Waals surface area contributed by atoms with Gasteiger partial charge in [0.25, 0.3) is 0 Å². The lowest BCUT2D eigenvalue weighted by Gasteiger charge is -2.07. The highest BCUT2D eigenvalue weighted by atomic mass is 16.5. The van der Waals surface area contributed by atoms with E-state index in [4.69, 9.17) is 4.74 Å². The highest BCUT2D eigenvalue weighted by molar-refractivity contribution is 6.09. The zero-order valence-corrected chi connectivity index (χ0v) is 9.25. The predicted molar refractivity (Wildman–Crippen MR) is 61.2 cm³/mol. The molecule has 0 aliphatic carbocycles. The monoisotopic (exact) mass is 204 g/mol. The van der Waals surface area contributed by atoms with Crippen LogP contribution in [-0.2, 0) is 11.2 Å². The van der Waals surface area contributed by atoms with Gasteiger partial charge in [0.05, 0.1) is 6.61 Å². The molecule has 1 aromatic carbocycles. The first-order valence-corrected chi connectivity index (χ1v) is 5.00. The van der Waals surface area contributed by atoms with Crippen molar-refractivity contribution < 1.29 is 9.53 Å². The molecular weight excluding hydrogens is 188 g/mol. The molecule has 0 aliphatic rings. The summed E-state index contributed by atoms with van der Waals surface area (Å²) in [6.07, 6.45) is 0.849. The molecule has 0 saturated carbocycles. The van der Waals surface area contributed by atoms with Gasteiger partial charge >= 0.3 is 0 Å². The summed E-state index contributed by atoms with van der Waals surface area (Å²) in [5.41, 5.74) is 2.29. The van der Waals surface area contributed by atoms with Crippen molar-refractivity contribution in [1.82, 2.24) is 0 Å². The first kappa shape index (κ1) is 11.7. The van der Waals surface area contributed by atoms with Crippen molar-refractivity contribution in [1.29, 1.82) is 0 Å². The lowest BCUT2D eigenvalue weighted by atomic mass is 9.98. The standard InChI is InChI=1S/C13H16O2/c1-4-11-7-5-6-8-12(11)13(14)10(2)9-15-3/h5-8H,2,4,9H2,1,3H3. The van der Waals surface area contributed by atoms with Crippen LogP contribution in [0.1, 0.15) is 22.8 Å². The molecule has 2 nitrogen and oxygen atoms in total. The average Bonchev–Trinajstić information content (AvgIpc) is 2.28. The largest absolute Gasteiger partial charge is 0.380 e. The van der Waals surface area contributed by atoms with Crippen LogP contribution in [-0.4, -0.2) is 19.5 Å². The van der Waals surface area contributed by atoms with Crippen LogP contribution in [0.25, 0.3) is 0 Å².